The first-order valence-electron chi connectivity index (χ1n) is 4.86. The van der Waals surface area contributed by atoms with E-state index in [1.165, 1.54) is 13.0 Å². The predicted octanol–water partition coefficient (Wildman–Crippen LogP) is 0.143. The molecule has 3 fully saturated rings. The van der Waals surface area contributed by atoms with E-state index in [4.69, 9.17) is 4.74 Å². The van der Waals surface area contributed by atoms with Crippen molar-refractivity contribution in [3.8, 4) is 0 Å². The first-order chi connectivity index (χ1) is 6.20. The van der Waals surface area contributed by atoms with Crippen molar-refractivity contribution in [2.24, 2.45) is 5.92 Å². The van der Waals surface area contributed by atoms with Gasteiger partial charge in [-0.15, -0.1) is 0 Å². The maximum atomic E-state index is 11.3. The fraction of sp³-hybridized carbons (Fsp3) is 0.889. The minimum Gasteiger partial charge on any atom is -0.439 e. The molecule has 1 amide bonds. The second-order valence-electron chi connectivity index (χ2n) is 4.51. The molecule has 3 atom stereocenters. The lowest BCUT2D eigenvalue weighted by Gasteiger charge is -2.30. The Balaban J connectivity index is 1.88. The molecule has 0 aromatic carbocycles. The van der Waals surface area contributed by atoms with Crippen molar-refractivity contribution in [2.45, 2.75) is 12.0 Å². The molecule has 3 aliphatic heterocycles. The van der Waals surface area contributed by atoms with Crippen molar-refractivity contribution < 1.29 is 9.53 Å². The molecule has 0 aromatic heterocycles. The van der Waals surface area contributed by atoms with Gasteiger partial charge in [-0.05, 0) is 13.0 Å². The molecule has 0 radical (unpaired) electrons. The highest BCUT2D eigenvalue weighted by Crippen LogP contribution is 2.42. The number of fused-ring (bicyclic) bond motifs is 3. The van der Waals surface area contributed by atoms with Gasteiger partial charge in [0.05, 0.1) is 6.54 Å². The number of rotatable bonds is 0. The van der Waals surface area contributed by atoms with Crippen LogP contribution in [0.3, 0.4) is 0 Å². The summed E-state index contributed by atoms with van der Waals surface area (Å²) in [6.45, 7) is 4.05. The van der Waals surface area contributed by atoms with Crippen molar-refractivity contribution in [3.63, 3.8) is 0 Å². The molecule has 0 aliphatic carbocycles. The minimum atomic E-state index is -0.149. The lowest BCUT2D eigenvalue weighted by atomic mass is 9.88. The molecular weight excluding hydrogens is 168 g/mol. The summed E-state index contributed by atoms with van der Waals surface area (Å²) in [6, 6.07) is 0. The summed E-state index contributed by atoms with van der Waals surface area (Å²) in [6.07, 6.45) is 1.05. The molecule has 3 unspecified atom stereocenters. The number of carbonyl (C=O) groups is 1. The van der Waals surface area contributed by atoms with Crippen LogP contribution in [-0.4, -0.2) is 54.7 Å². The van der Waals surface area contributed by atoms with E-state index in [0.29, 0.717) is 5.92 Å². The van der Waals surface area contributed by atoms with Crippen LogP contribution in [0.25, 0.3) is 0 Å². The normalized spacial score (nSPS) is 47.8. The van der Waals surface area contributed by atoms with Gasteiger partial charge in [-0.3, -0.25) is 4.90 Å². The van der Waals surface area contributed by atoms with Gasteiger partial charge >= 0.3 is 6.09 Å². The number of piperidine rings is 1. The Morgan fingerprint density at radius 3 is 2.85 bits per heavy atom. The lowest BCUT2D eigenvalue weighted by molar-refractivity contribution is 0.0176. The molecule has 4 nitrogen and oxygen atoms in total. The topological polar surface area (TPSA) is 32.8 Å². The van der Waals surface area contributed by atoms with Crippen LogP contribution in [0.15, 0.2) is 0 Å². The summed E-state index contributed by atoms with van der Waals surface area (Å²) in [5.74, 6) is 0.585. The first-order valence-corrected chi connectivity index (χ1v) is 4.86. The van der Waals surface area contributed by atoms with Gasteiger partial charge in [0.1, 0.15) is 5.60 Å². The van der Waals surface area contributed by atoms with Crippen LogP contribution >= 0.6 is 0 Å². The zero-order chi connectivity index (χ0) is 9.05. The molecule has 3 rings (SSSR count). The fourth-order valence-electron chi connectivity index (χ4n) is 2.96. The van der Waals surface area contributed by atoms with E-state index >= 15 is 0 Å². The largest absolute Gasteiger partial charge is 0.439 e. The zero-order valence-corrected chi connectivity index (χ0v) is 7.82. The number of nitrogens with zero attached hydrogens (tertiary/aromatic N) is 2. The third-order valence-corrected chi connectivity index (χ3v) is 3.61. The average Bonchev–Trinajstić information content (AvgIpc) is 2.68. The second kappa shape index (κ2) is 2.18. The van der Waals surface area contributed by atoms with Gasteiger partial charge in [0.15, 0.2) is 0 Å². The van der Waals surface area contributed by atoms with E-state index in [-0.39, 0.29) is 11.7 Å². The van der Waals surface area contributed by atoms with E-state index in [2.05, 4.69) is 4.90 Å². The Labute approximate surface area is 77.4 Å². The number of hydrogen-bond acceptors (Lipinski definition) is 3. The number of amides is 1. The molecule has 0 aromatic rings. The fourth-order valence-corrected chi connectivity index (χ4v) is 2.96. The van der Waals surface area contributed by atoms with E-state index in [9.17, 15) is 4.79 Å². The van der Waals surface area contributed by atoms with E-state index in [1.807, 2.05) is 7.05 Å². The van der Waals surface area contributed by atoms with Crippen molar-refractivity contribution in [3.05, 3.63) is 0 Å². The quantitative estimate of drug-likeness (QED) is 0.534. The molecule has 4 heteroatoms. The Morgan fingerprint density at radius 2 is 2.38 bits per heavy atom. The summed E-state index contributed by atoms with van der Waals surface area (Å²) < 4.78 is 5.50. The van der Waals surface area contributed by atoms with Crippen molar-refractivity contribution in [1.82, 2.24) is 9.80 Å². The Morgan fingerprint density at radius 1 is 1.54 bits per heavy atom. The third kappa shape index (κ3) is 0.866. The average molecular weight is 182 g/mol. The molecule has 3 saturated heterocycles. The van der Waals surface area contributed by atoms with Crippen molar-refractivity contribution in [2.75, 3.05) is 33.2 Å². The van der Waals surface area contributed by atoms with Crippen LogP contribution < -0.4 is 0 Å². The van der Waals surface area contributed by atoms with Gasteiger partial charge in [0.2, 0.25) is 0 Å². The van der Waals surface area contributed by atoms with Crippen LogP contribution in [0.2, 0.25) is 0 Å². The summed E-state index contributed by atoms with van der Waals surface area (Å²) in [7, 11) is 1.82. The molecule has 13 heavy (non-hydrogen) atoms. The summed E-state index contributed by atoms with van der Waals surface area (Å²) in [4.78, 5) is 15.4. The number of hydrogen-bond donors (Lipinski definition) is 0. The summed E-state index contributed by atoms with van der Waals surface area (Å²) in [5, 5.41) is 0. The molecule has 72 valence electrons. The number of likely N-dealkylation sites (N-methyl/N-ethyl adjacent to an activating group) is 1. The first kappa shape index (κ1) is 7.62. The maximum Gasteiger partial charge on any atom is 0.410 e. The SMILES string of the molecule is CN1CC2(CN3CCC2C3)OC1=O. The van der Waals surface area contributed by atoms with E-state index in [1.54, 1.807) is 4.90 Å². The predicted molar refractivity (Wildman–Crippen MR) is 46.4 cm³/mol. The van der Waals surface area contributed by atoms with Gasteiger partial charge < -0.3 is 9.64 Å². The smallest absolute Gasteiger partial charge is 0.410 e. The molecular formula is C9H14N2O2. The highest BCUT2D eigenvalue weighted by atomic mass is 16.6. The molecule has 0 saturated carbocycles. The molecule has 1 spiro atoms. The zero-order valence-electron chi connectivity index (χ0n) is 7.82. The van der Waals surface area contributed by atoms with Crippen LogP contribution in [0.5, 0.6) is 0 Å². The Hall–Kier alpha value is -0.770. The molecule has 0 N–H and O–H groups in total. The van der Waals surface area contributed by atoms with Crippen molar-refractivity contribution in [1.29, 1.82) is 0 Å². The van der Waals surface area contributed by atoms with Crippen LogP contribution in [0, 0.1) is 5.92 Å². The van der Waals surface area contributed by atoms with Gasteiger partial charge in [-0.25, -0.2) is 4.79 Å². The molecule has 2 bridgehead atoms. The Bertz CT molecular complexity index is 268. The summed E-state index contributed by atoms with van der Waals surface area (Å²) >= 11 is 0. The van der Waals surface area contributed by atoms with E-state index < -0.39 is 0 Å². The van der Waals surface area contributed by atoms with Gasteiger partial charge in [0.25, 0.3) is 0 Å². The minimum absolute atomic E-state index is 0.145. The van der Waals surface area contributed by atoms with Crippen molar-refractivity contribution >= 4 is 6.09 Å². The maximum absolute atomic E-state index is 11.3. The monoisotopic (exact) mass is 182 g/mol. The van der Waals surface area contributed by atoms with Crippen LogP contribution in [0.1, 0.15) is 6.42 Å². The number of ether oxygens (including phenoxy) is 1. The van der Waals surface area contributed by atoms with Gasteiger partial charge in [-0.1, -0.05) is 0 Å². The van der Waals surface area contributed by atoms with Crippen LogP contribution in [-0.2, 0) is 4.74 Å². The third-order valence-electron chi connectivity index (χ3n) is 3.61. The summed E-state index contributed by atoms with van der Waals surface area (Å²) in [5.41, 5.74) is -0.149. The lowest BCUT2D eigenvalue weighted by Crippen LogP contribution is -2.45. The van der Waals surface area contributed by atoms with Gasteiger partial charge in [-0.2, -0.15) is 0 Å². The molecule has 3 aliphatic rings. The second-order valence-corrected chi connectivity index (χ2v) is 4.51. The number of carbonyl (C=O) groups excluding carboxylic acids is 1. The van der Waals surface area contributed by atoms with E-state index in [0.717, 1.165) is 19.6 Å². The highest BCUT2D eigenvalue weighted by molar-refractivity contribution is 5.70. The van der Waals surface area contributed by atoms with Crippen LogP contribution in [0.4, 0.5) is 4.79 Å². The molecule has 3 heterocycles. The Kier molecular flexibility index (Phi) is 1.28. The standard InChI is InChI=1S/C9H14N2O2/c1-10-5-9(13-8(10)12)6-11-3-2-7(9)4-11/h7H,2-6H2,1H3. The van der Waals surface area contributed by atoms with Gasteiger partial charge in [0, 0.05) is 26.1 Å². The highest BCUT2D eigenvalue weighted by Gasteiger charge is 2.57.